The molecule has 2 aromatic heterocycles. The van der Waals surface area contributed by atoms with Gasteiger partial charge >= 0.3 is 0 Å². The second-order valence-electron chi connectivity index (χ2n) is 12.2. The van der Waals surface area contributed by atoms with Crippen LogP contribution >= 0.6 is 0 Å². The number of aromatic nitrogens is 4. The number of anilines is 1. The third-order valence-electron chi connectivity index (χ3n) is 7.69. The van der Waals surface area contributed by atoms with Crippen LogP contribution in [0.1, 0.15) is 47.8 Å². The zero-order valence-corrected chi connectivity index (χ0v) is 24.1. The summed E-state index contributed by atoms with van der Waals surface area (Å²) in [7, 11) is -4.36. The Hall–Kier alpha value is -1.58. The van der Waals surface area contributed by atoms with Gasteiger partial charge < -0.3 is 24.4 Å². The summed E-state index contributed by atoms with van der Waals surface area (Å²) in [6.07, 6.45) is -1.47. The first-order chi connectivity index (χ1) is 15.4. The monoisotopic (exact) mass is 511 g/mol. The molecule has 2 unspecified atom stereocenters. The van der Waals surface area contributed by atoms with E-state index < -0.39 is 46.7 Å². The molecule has 3 rings (SSSR count). The molecule has 0 bridgehead atoms. The summed E-state index contributed by atoms with van der Waals surface area (Å²) in [4.78, 5) is 23.3. The number of rotatable bonds is 6. The van der Waals surface area contributed by atoms with Crippen LogP contribution in [0.15, 0.2) is 11.1 Å². The SMILES string of the molecule is CC(C)(C)[Si](C)(C)OC[C@H]1O[C@@H](n2cnc3c(=O)[nH]c(N)nc32)C(O[Si](C)(C)C(C)(C)C)C1O. The van der Waals surface area contributed by atoms with E-state index in [-0.39, 0.29) is 33.8 Å². The minimum absolute atomic E-state index is 0.0162. The first-order valence-electron chi connectivity index (χ1n) is 11.7. The molecule has 3 heterocycles. The Labute approximate surface area is 203 Å². The van der Waals surface area contributed by atoms with Gasteiger partial charge in [0.05, 0.1) is 12.9 Å². The summed E-state index contributed by atoms with van der Waals surface area (Å²) in [5.41, 5.74) is 5.80. The molecule has 10 nitrogen and oxygen atoms in total. The molecule has 4 atom stereocenters. The van der Waals surface area contributed by atoms with Crippen LogP contribution in [-0.4, -0.2) is 66.2 Å². The number of fused-ring (bicyclic) bond motifs is 1. The number of nitrogens with one attached hydrogen (secondary N) is 1. The molecule has 1 fully saturated rings. The number of imidazole rings is 1. The maximum absolute atomic E-state index is 12.3. The third kappa shape index (κ3) is 5.02. The lowest BCUT2D eigenvalue weighted by Gasteiger charge is -2.40. The average Bonchev–Trinajstić information content (AvgIpc) is 3.20. The summed E-state index contributed by atoms with van der Waals surface area (Å²) in [5, 5.41) is 11.3. The predicted octanol–water partition coefficient (Wildman–Crippen LogP) is 3.37. The first kappa shape index (κ1) is 27.0. The van der Waals surface area contributed by atoms with E-state index >= 15 is 0 Å². The Kier molecular flexibility index (Phi) is 7.01. The van der Waals surface area contributed by atoms with Gasteiger partial charge in [-0.1, -0.05) is 41.5 Å². The fourth-order valence-corrected chi connectivity index (χ4v) is 5.66. The van der Waals surface area contributed by atoms with Crippen molar-refractivity contribution in [1.29, 1.82) is 0 Å². The Morgan fingerprint density at radius 3 is 2.29 bits per heavy atom. The second kappa shape index (κ2) is 8.82. The number of nitrogen functional groups attached to an aromatic ring is 1. The highest BCUT2D eigenvalue weighted by Crippen LogP contribution is 2.43. The standard InChI is InChI=1S/C22H41N5O5Si2/c1-21(2,3)33(7,8)30-11-13-15(28)16(32-34(9,10)22(4,5)6)19(31-13)27-12-24-14-17(27)25-20(23)26-18(14)29/h12-13,15-16,19,28H,11H2,1-10H3,(H3,23,25,26,29)/t13-,15?,16?,19-/m1/s1. The number of aliphatic hydroxyl groups excluding tert-OH is 1. The lowest BCUT2D eigenvalue weighted by atomic mass is 10.1. The summed E-state index contributed by atoms with van der Waals surface area (Å²) in [6, 6.07) is 0. The van der Waals surface area contributed by atoms with E-state index in [4.69, 9.17) is 19.3 Å². The number of ether oxygens (including phenoxy) is 1. The third-order valence-corrected chi connectivity index (χ3v) is 16.7. The number of aromatic amines is 1. The lowest BCUT2D eigenvalue weighted by molar-refractivity contribution is -0.0475. The maximum Gasteiger partial charge on any atom is 0.280 e. The molecule has 0 saturated carbocycles. The quantitative estimate of drug-likeness (QED) is 0.502. The Balaban J connectivity index is 1.99. The average molecular weight is 512 g/mol. The van der Waals surface area contributed by atoms with Crippen molar-refractivity contribution in [3.05, 3.63) is 16.7 Å². The Bertz CT molecular complexity index is 1090. The van der Waals surface area contributed by atoms with Crippen LogP contribution in [0.4, 0.5) is 5.95 Å². The minimum Gasteiger partial charge on any atom is -0.414 e. The molecule has 0 radical (unpaired) electrons. The van der Waals surface area contributed by atoms with Gasteiger partial charge in [-0.2, -0.15) is 4.98 Å². The van der Waals surface area contributed by atoms with Gasteiger partial charge in [-0.15, -0.1) is 0 Å². The van der Waals surface area contributed by atoms with Gasteiger partial charge in [0, 0.05) is 0 Å². The number of hydrogen-bond acceptors (Lipinski definition) is 8. The predicted molar refractivity (Wildman–Crippen MR) is 138 cm³/mol. The van der Waals surface area contributed by atoms with E-state index in [0.29, 0.717) is 0 Å². The van der Waals surface area contributed by atoms with Crippen LogP contribution in [0, 0.1) is 0 Å². The second-order valence-corrected chi connectivity index (χ2v) is 21.8. The molecule has 12 heteroatoms. The molecule has 1 aliphatic heterocycles. The summed E-state index contributed by atoms with van der Waals surface area (Å²) in [5.74, 6) is -0.0162. The lowest BCUT2D eigenvalue weighted by Crippen LogP contribution is -2.49. The zero-order chi connectivity index (χ0) is 25.9. The smallest absolute Gasteiger partial charge is 0.280 e. The van der Waals surface area contributed by atoms with Crippen LogP contribution in [-0.2, 0) is 13.6 Å². The summed E-state index contributed by atoms with van der Waals surface area (Å²) < 4.78 is 21.0. The van der Waals surface area contributed by atoms with E-state index in [9.17, 15) is 9.90 Å². The zero-order valence-electron chi connectivity index (χ0n) is 22.1. The number of hydrogen-bond donors (Lipinski definition) is 3. The largest absolute Gasteiger partial charge is 0.414 e. The van der Waals surface area contributed by atoms with Gasteiger partial charge in [0.1, 0.15) is 18.3 Å². The van der Waals surface area contributed by atoms with E-state index in [1.807, 2.05) is 0 Å². The first-order valence-corrected chi connectivity index (χ1v) is 17.5. The molecule has 0 aliphatic carbocycles. The topological polar surface area (TPSA) is 138 Å². The van der Waals surface area contributed by atoms with E-state index in [1.165, 1.54) is 6.33 Å². The van der Waals surface area contributed by atoms with Gasteiger partial charge in [0.25, 0.3) is 5.56 Å². The number of nitrogens with zero attached hydrogens (tertiary/aromatic N) is 3. The van der Waals surface area contributed by atoms with Crippen LogP contribution < -0.4 is 11.3 Å². The molecule has 1 saturated heterocycles. The normalized spacial score (nSPS) is 24.8. The van der Waals surface area contributed by atoms with Crippen molar-refractivity contribution in [3.8, 4) is 0 Å². The van der Waals surface area contributed by atoms with Gasteiger partial charge in [-0.05, 0) is 36.3 Å². The van der Waals surface area contributed by atoms with Crippen molar-refractivity contribution in [2.45, 2.75) is 102 Å². The van der Waals surface area contributed by atoms with Gasteiger partial charge in [-0.3, -0.25) is 14.3 Å². The molecule has 2 aromatic rings. The molecule has 192 valence electrons. The Morgan fingerprint density at radius 1 is 1.15 bits per heavy atom. The molecular weight excluding hydrogens is 470 g/mol. The minimum atomic E-state index is -2.29. The molecule has 0 aromatic carbocycles. The Morgan fingerprint density at radius 2 is 1.74 bits per heavy atom. The van der Waals surface area contributed by atoms with Gasteiger partial charge in [0.2, 0.25) is 5.95 Å². The fourth-order valence-electron chi connectivity index (χ4n) is 3.36. The molecular formula is C22H41N5O5Si2. The number of aliphatic hydroxyl groups is 1. The molecule has 34 heavy (non-hydrogen) atoms. The molecule has 0 spiro atoms. The van der Waals surface area contributed by atoms with E-state index in [0.717, 1.165) is 0 Å². The summed E-state index contributed by atoms with van der Waals surface area (Å²) in [6.45, 7) is 21.8. The maximum atomic E-state index is 12.3. The van der Waals surface area contributed by atoms with Gasteiger partial charge in [0.15, 0.2) is 34.0 Å². The molecule has 4 N–H and O–H groups in total. The molecule has 1 aliphatic rings. The van der Waals surface area contributed by atoms with Crippen molar-refractivity contribution in [1.82, 2.24) is 19.5 Å². The van der Waals surface area contributed by atoms with Crippen LogP contribution in [0.2, 0.25) is 36.3 Å². The highest BCUT2D eigenvalue weighted by atomic mass is 28.4. The van der Waals surface area contributed by atoms with E-state index in [1.54, 1.807) is 4.57 Å². The fraction of sp³-hybridized carbons (Fsp3) is 0.773. The van der Waals surface area contributed by atoms with Gasteiger partial charge in [-0.25, -0.2) is 4.98 Å². The summed E-state index contributed by atoms with van der Waals surface area (Å²) >= 11 is 0. The van der Waals surface area contributed by atoms with Crippen LogP contribution in [0.3, 0.4) is 0 Å². The van der Waals surface area contributed by atoms with Crippen molar-refractivity contribution < 1.29 is 18.7 Å². The highest BCUT2D eigenvalue weighted by Gasteiger charge is 2.51. The van der Waals surface area contributed by atoms with Crippen molar-refractivity contribution in [2.24, 2.45) is 0 Å². The van der Waals surface area contributed by atoms with Crippen LogP contribution in [0.25, 0.3) is 11.2 Å². The van der Waals surface area contributed by atoms with Crippen molar-refractivity contribution >= 4 is 33.7 Å². The van der Waals surface area contributed by atoms with Crippen molar-refractivity contribution in [2.75, 3.05) is 12.3 Å². The number of nitrogens with two attached hydrogens (primary N) is 1. The van der Waals surface area contributed by atoms with E-state index in [2.05, 4.69) is 82.7 Å². The number of H-pyrrole nitrogens is 1. The van der Waals surface area contributed by atoms with Crippen LogP contribution in [0.5, 0.6) is 0 Å². The highest BCUT2D eigenvalue weighted by molar-refractivity contribution is 6.74. The molecule has 0 amide bonds. The van der Waals surface area contributed by atoms with Crippen molar-refractivity contribution in [3.63, 3.8) is 0 Å².